The second-order valence-electron chi connectivity index (χ2n) is 4.64. The van der Waals surface area contributed by atoms with Crippen LogP contribution in [0.15, 0.2) is 0 Å². The van der Waals surface area contributed by atoms with Crippen LogP contribution in [0, 0.1) is 0 Å². The topological polar surface area (TPSA) is 61.8 Å². The highest BCUT2D eigenvalue weighted by Gasteiger charge is 2.18. The number of carbonyl (C=O) groups excluding carboxylic acids is 1. The molecule has 0 saturated carbocycles. The van der Waals surface area contributed by atoms with E-state index in [4.69, 9.17) is 4.74 Å². The molecule has 1 aliphatic heterocycles. The Kier molecular flexibility index (Phi) is 7.65. The van der Waals surface area contributed by atoms with Gasteiger partial charge >= 0.3 is 0 Å². The second-order valence-corrected chi connectivity index (χ2v) is 5.93. The summed E-state index contributed by atoms with van der Waals surface area (Å²) in [5.41, 5.74) is 0. The third kappa shape index (κ3) is 6.04. The van der Waals surface area contributed by atoms with Crippen LogP contribution < -0.4 is 5.32 Å². The average molecular weight is 276 g/mol. The Labute approximate surface area is 113 Å². The SMILES string of the molecule is COCC(O)CN(C)C(=O)CSC1CCNCC1. The molecule has 0 aliphatic carbocycles. The lowest BCUT2D eigenvalue weighted by Gasteiger charge is -2.24. The van der Waals surface area contributed by atoms with E-state index in [9.17, 15) is 9.90 Å². The van der Waals surface area contributed by atoms with Crippen LogP contribution >= 0.6 is 11.8 Å². The largest absolute Gasteiger partial charge is 0.389 e. The van der Waals surface area contributed by atoms with Crippen molar-refractivity contribution in [1.82, 2.24) is 10.2 Å². The number of aliphatic hydroxyl groups excluding tert-OH is 1. The van der Waals surface area contributed by atoms with Gasteiger partial charge in [0.05, 0.1) is 18.5 Å². The summed E-state index contributed by atoms with van der Waals surface area (Å²) in [7, 11) is 3.27. The fourth-order valence-corrected chi connectivity index (χ4v) is 3.09. The van der Waals surface area contributed by atoms with Crippen LogP contribution in [0.2, 0.25) is 0 Å². The van der Waals surface area contributed by atoms with E-state index < -0.39 is 6.10 Å². The summed E-state index contributed by atoms with van der Waals surface area (Å²) < 4.78 is 4.84. The summed E-state index contributed by atoms with van der Waals surface area (Å²) in [5, 5.41) is 13.5. The Balaban J connectivity index is 2.18. The van der Waals surface area contributed by atoms with Gasteiger partial charge in [-0.15, -0.1) is 11.8 Å². The minimum atomic E-state index is -0.604. The van der Waals surface area contributed by atoms with Gasteiger partial charge in [-0.3, -0.25) is 4.79 Å². The Bertz CT molecular complexity index is 247. The van der Waals surface area contributed by atoms with E-state index in [0.29, 0.717) is 17.5 Å². The molecule has 5 nitrogen and oxygen atoms in total. The minimum Gasteiger partial charge on any atom is -0.389 e. The van der Waals surface area contributed by atoms with Gasteiger partial charge in [0.25, 0.3) is 0 Å². The number of aliphatic hydroxyl groups is 1. The molecule has 1 saturated heterocycles. The zero-order chi connectivity index (χ0) is 13.4. The summed E-state index contributed by atoms with van der Waals surface area (Å²) in [6, 6.07) is 0. The van der Waals surface area contributed by atoms with E-state index in [1.165, 1.54) is 7.11 Å². The number of nitrogens with one attached hydrogen (secondary N) is 1. The Morgan fingerprint density at radius 2 is 2.22 bits per heavy atom. The molecule has 1 aliphatic rings. The number of carbonyl (C=O) groups is 1. The van der Waals surface area contributed by atoms with Gasteiger partial charge in [0.2, 0.25) is 5.91 Å². The summed E-state index contributed by atoms with van der Waals surface area (Å²) in [6.45, 7) is 2.70. The monoisotopic (exact) mass is 276 g/mol. The van der Waals surface area contributed by atoms with Crippen molar-refractivity contribution < 1.29 is 14.6 Å². The van der Waals surface area contributed by atoms with Crippen molar-refractivity contribution in [3.63, 3.8) is 0 Å². The molecule has 0 aromatic carbocycles. The van der Waals surface area contributed by atoms with Crippen molar-refractivity contribution in [2.75, 3.05) is 46.2 Å². The number of nitrogens with zero attached hydrogens (tertiary/aromatic N) is 1. The third-order valence-corrected chi connectivity index (χ3v) is 4.35. The highest BCUT2D eigenvalue weighted by atomic mass is 32.2. The first-order chi connectivity index (χ1) is 8.63. The lowest BCUT2D eigenvalue weighted by molar-refractivity contribution is -0.128. The van der Waals surface area contributed by atoms with Gasteiger partial charge in [0.15, 0.2) is 0 Å². The van der Waals surface area contributed by atoms with E-state index in [0.717, 1.165) is 25.9 Å². The molecule has 0 radical (unpaired) electrons. The zero-order valence-corrected chi connectivity index (χ0v) is 12.0. The van der Waals surface area contributed by atoms with Gasteiger partial charge in [-0.1, -0.05) is 0 Å². The molecule has 0 bridgehead atoms. The van der Waals surface area contributed by atoms with Gasteiger partial charge in [-0.25, -0.2) is 0 Å². The molecule has 0 aromatic rings. The van der Waals surface area contributed by atoms with E-state index in [1.54, 1.807) is 23.7 Å². The van der Waals surface area contributed by atoms with Crippen molar-refractivity contribution in [3.05, 3.63) is 0 Å². The molecule has 18 heavy (non-hydrogen) atoms. The molecule has 1 atom stereocenters. The number of rotatable bonds is 7. The van der Waals surface area contributed by atoms with Crippen LogP contribution in [0.1, 0.15) is 12.8 Å². The number of piperidine rings is 1. The maximum atomic E-state index is 11.9. The van der Waals surface area contributed by atoms with E-state index in [2.05, 4.69) is 5.32 Å². The van der Waals surface area contributed by atoms with Crippen LogP contribution in [0.5, 0.6) is 0 Å². The summed E-state index contributed by atoms with van der Waals surface area (Å²) in [6.07, 6.45) is 1.66. The first kappa shape index (κ1) is 15.8. The molecular formula is C12H24N2O3S. The Morgan fingerprint density at radius 1 is 1.56 bits per heavy atom. The predicted octanol–water partition coefficient (Wildman–Crippen LogP) is -0.0627. The molecule has 0 aromatic heterocycles. The number of thioether (sulfide) groups is 1. The van der Waals surface area contributed by atoms with Crippen molar-refractivity contribution in [3.8, 4) is 0 Å². The van der Waals surface area contributed by atoms with E-state index in [-0.39, 0.29) is 12.5 Å². The second kappa shape index (κ2) is 8.74. The number of likely N-dealkylation sites (N-methyl/N-ethyl adjacent to an activating group) is 1. The lowest BCUT2D eigenvalue weighted by Crippen LogP contribution is -2.38. The van der Waals surface area contributed by atoms with Gasteiger partial charge < -0.3 is 20.1 Å². The summed E-state index contributed by atoms with van der Waals surface area (Å²) in [4.78, 5) is 13.4. The maximum absolute atomic E-state index is 11.9. The highest BCUT2D eigenvalue weighted by Crippen LogP contribution is 2.20. The summed E-state index contributed by atoms with van der Waals surface area (Å²) in [5.74, 6) is 0.578. The normalized spacial score (nSPS) is 18.6. The molecule has 106 valence electrons. The van der Waals surface area contributed by atoms with Crippen molar-refractivity contribution in [2.45, 2.75) is 24.2 Å². The van der Waals surface area contributed by atoms with Crippen LogP contribution in [0.3, 0.4) is 0 Å². The van der Waals surface area contributed by atoms with Gasteiger partial charge in [0, 0.05) is 26.0 Å². The Morgan fingerprint density at radius 3 is 2.83 bits per heavy atom. The number of hydrogen-bond acceptors (Lipinski definition) is 5. The van der Waals surface area contributed by atoms with Gasteiger partial charge in [0.1, 0.15) is 0 Å². The number of ether oxygens (including phenoxy) is 1. The predicted molar refractivity (Wildman–Crippen MR) is 73.9 cm³/mol. The van der Waals surface area contributed by atoms with Crippen molar-refractivity contribution in [2.24, 2.45) is 0 Å². The number of hydrogen-bond donors (Lipinski definition) is 2. The highest BCUT2D eigenvalue weighted by molar-refractivity contribution is 8.00. The molecule has 1 unspecified atom stereocenters. The van der Waals surface area contributed by atoms with Crippen LogP contribution in [0.4, 0.5) is 0 Å². The minimum absolute atomic E-state index is 0.0775. The molecule has 1 fully saturated rings. The zero-order valence-electron chi connectivity index (χ0n) is 11.2. The molecular weight excluding hydrogens is 252 g/mol. The molecule has 1 amide bonds. The fourth-order valence-electron chi connectivity index (χ4n) is 1.92. The molecule has 2 N–H and O–H groups in total. The molecule has 1 rings (SSSR count). The van der Waals surface area contributed by atoms with Gasteiger partial charge in [-0.05, 0) is 25.9 Å². The van der Waals surface area contributed by atoms with Gasteiger partial charge in [-0.2, -0.15) is 0 Å². The van der Waals surface area contributed by atoms with Crippen LogP contribution in [-0.4, -0.2) is 73.4 Å². The Hall–Kier alpha value is -0.300. The first-order valence-electron chi connectivity index (χ1n) is 6.36. The van der Waals surface area contributed by atoms with Crippen LogP contribution in [-0.2, 0) is 9.53 Å². The average Bonchev–Trinajstić information content (AvgIpc) is 2.37. The quantitative estimate of drug-likeness (QED) is 0.682. The van der Waals surface area contributed by atoms with E-state index in [1.807, 2.05) is 0 Å². The van der Waals surface area contributed by atoms with Crippen molar-refractivity contribution in [1.29, 1.82) is 0 Å². The number of methoxy groups -OCH3 is 1. The smallest absolute Gasteiger partial charge is 0.232 e. The number of amides is 1. The molecule has 0 spiro atoms. The molecule has 6 heteroatoms. The lowest BCUT2D eigenvalue weighted by atomic mass is 10.2. The summed E-state index contributed by atoms with van der Waals surface area (Å²) >= 11 is 1.73. The van der Waals surface area contributed by atoms with Crippen LogP contribution in [0.25, 0.3) is 0 Å². The van der Waals surface area contributed by atoms with E-state index >= 15 is 0 Å². The standard InChI is InChI=1S/C12H24N2O3S/c1-14(7-10(15)8-17-2)12(16)9-18-11-3-5-13-6-4-11/h10-11,13,15H,3-9H2,1-2H3. The molecule has 1 heterocycles. The van der Waals surface area contributed by atoms with Crippen molar-refractivity contribution >= 4 is 17.7 Å². The first-order valence-corrected chi connectivity index (χ1v) is 7.41. The third-order valence-electron chi connectivity index (χ3n) is 3.00. The fraction of sp³-hybridized carbons (Fsp3) is 0.917. The maximum Gasteiger partial charge on any atom is 0.232 e.